The summed E-state index contributed by atoms with van der Waals surface area (Å²) >= 11 is 0. The molecule has 3 fully saturated rings. The third-order valence-electron chi connectivity index (χ3n) is 5.59. The summed E-state index contributed by atoms with van der Waals surface area (Å²) in [5.74, 6) is 0.641. The molecule has 2 saturated heterocycles. The average Bonchev–Trinajstić information content (AvgIpc) is 2.90. The van der Waals surface area contributed by atoms with Crippen LogP contribution >= 0.6 is 0 Å². The van der Waals surface area contributed by atoms with Crippen molar-refractivity contribution in [1.29, 1.82) is 0 Å². The number of fused-ring (bicyclic) bond motifs is 1. The van der Waals surface area contributed by atoms with Crippen LogP contribution in [0.5, 0.6) is 0 Å². The van der Waals surface area contributed by atoms with E-state index in [1.165, 1.54) is 0 Å². The first-order valence-corrected chi connectivity index (χ1v) is 9.04. The molecule has 0 bridgehead atoms. The van der Waals surface area contributed by atoms with Crippen LogP contribution in [0.3, 0.4) is 0 Å². The zero-order valence-corrected chi connectivity index (χ0v) is 15.2. The molecule has 3 aliphatic rings. The molecule has 5 nitrogen and oxygen atoms in total. The first-order chi connectivity index (χ1) is 10.7. The average molecular weight is 324 g/mol. The van der Waals surface area contributed by atoms with E-state index in [0.29, 0.717) is 24.1 Å². The maximum Gasteiger partial charge on any atom is 0.410 e. The van der Waals surface area contributed by atoms with Crippen molar-refractivity contribution in [2.75, 3.05) is 19.7 Å². The standard InChI is InChI=1S/C18H32N2O3/c1-17(2,3)23-16(21)20-9-6-7-12(11-20)19-14-13-8-10-22-15(13)18(14,4)5/h12-15,19H,6-11H2,1-5H3/t12-,13-,14+,15+/m0/s1. The van der Waals surface area contributed by atoms with Gasteiger partial charge in [0.1, 0.15) is 5.60 Å². The number of carbonyl (C=O) groups is 1. The van der Waals surface area contributed by atoms with Crippen molar-refractivity contribution in [2.24, 2.45) is 11.3 Å². The SMILES string of the molecule is CC(C)(C)OC(=O)N1CCC[C@H](N[C@@H]2[C@@H]3CCO[C@H]3C2(C)C)C1. The van der Waals surface area contributed by atoms with Gasteiger partial charge in [-0.3, -0.25) is 0 Å². The Morgan fingerprint density at radius 2 is 2.04 bits per heavy atom. The normalized spacial score (nSPS) is 36.3. The lowest BCUT2D eigenvalue weighted by Gasteiger charge is -2.56. The summed E-state index contributed by atoms with van der Waals surface area (Å²) in [5, 5.41) is 3.84. The van der Waals surface area contributed by atoms with E-state index in [0.717, 1.165) is 39.0 Å². The van der Waals surface area contributed by atoms with Gasteiger partial charge >= 0.3 is 6.09 Å². The number of carbonyl (C=O) groups excluding carboxylic acids is 1. The van der Waals surface area contributed by atoms with Gasteiger partial charge in [-0.2, -0.15) is 0 Å². The Bertz CT molecular complexity index is 458. The Kier molecular flexibility index (Phi) is 4.38. The number of nitrogens with one attached hydrogen (secondary N) is 1. The molecule has 1 saturated carbocycles. The highest BCUT2D eigenvalue weighted by atomic mass is 16.6. The number of hydrogen-bond donors (Lipinski definition) is 1. The highest BCUT2D eigenvalue weighted by Crippen LogP contribution is 2.52. The Morgan fingerprint density at radius 1 is 1.30 bits per heavy atom. The van der Waals surface area contributed by atoms with Crippen LogP contribution in [0.4, 0.5) is 4.79 Å². The lowest BCUT2D eigenvalue weighted by atomic mass is 9.57. The van der Waals surface area contributed by atoms with Crippen molar-refractivity contribution in [3.8, 4) is 0 Å². The predicted octanol–water partition coefficient (Wildman–Crippen LogP) is 2.79. The summed E-state index contributed by atoms with van der Waals surface area (Å²) in [6.07, 6.45) is 3.55. The summed E-state index contributed by atoms with van der Waals surface area (Å²) in [4.78, 5) is 14.2. The van der Waals surface area contributed by atoms with Crippen molar-refractivity contribution in [2.45, 2.75) is 77.7 Å². The van der Waals surface area contributed by atoms with Crippen LogP contribution < -0.4 is 5.32 Å². The van der Waals surface area contributed by atoms with E-state index in [-0.39, 0.29) is 11.5 Å². The predicted molar refractivity (Wildman–Crippen MR) is 89.4 cm³/mol. The molecule has 23 heavy (non-hydrogen) atoms. The van der Waals surface area contributed by atoms with Gasteiger partial charge < -0.3 is 19.7 Å². The minimum atomic E-state index is -0.429. The largest absolute Gasteiger partial charge is 0.444 e. The molecule has 0 radical (unpaired) electrons. The summed E-state index contributed by atoms with van der Waals surface area (Å²) in [6, 6.07) is 0.862. The fourth-order valence-electron chi connectivity index (χ4n) is 4.52. The van der Waals surface area contributed by atoms with E-state index in [2.05, 4.69) is 19.2 Å². The summed E-state index contributed by atoms with van der Waals surface area (Å²) in [7, 11) is 0. The molecule has 1 aliphatic carbocycles. The summed E-state index contributed by atoms with van der Waals surface area (Å²) < 4.78 is 11.4. The molecular weight excluding hydrogens is 292 g/mol. The Morgan fingerprint density at radius 3 is 2.74 bits per heavy atom. The van der Waals surface area contributed by atoms with Gasteiger partial charge in [-0.05, 0) is 40.0 Å². The minimum absolute atomic E-state index is 0.182. The van der Waals surface area contributed by atoms with Gasteiger partial charge in [-0.15, -0.1) is 0 Å². The number of amides is 1. The second kappa shape index (κ2) is 5.92. The molecule has 5 heteroatoms. The molecule has 132 valence electrons. The van der Waals surface area contributed by atoms with E-state index in [4.69, 9.17) is 9.47 Å². The Labute approximate surface area is 140 Å². The van der Waals surface area contributed by atoms with Crippen molar-refractivity contribution >= 4 is 6.09 Å². The van der Waals surface area contributed by atoms with Crippen LogP contribution in [0, 0.1) is 11.3 Å². The minimum Gasteiger partial charge on any atom is -0.444 e. The zero-order chi connectivity index (χ0) is 16.8. The molecule has 1 amide bonds. The number of rotatable bonds is 2. The van der Waals surface area contributed by atoms with Gasteiger partial charge in [0.05, 0.1) is 6.10 Å². The van der Waals surface area contributed by atoms with Crippen molar-refractivity contribution in [3.05, 3.63) is 0 Å². The maximum absolute atomic E-state index is 12.3. The lowest BCUT2D eigenvalue weighted by Crippen LogP contribution is -2.68. The number of likely N-dealkylation sites (tertiary alicyclic amines) is 1. The van der Waals surface area contributed by atoms with Crippen LogP contribution in [-0.2, 0) is 9.47 Å². The van der Waals surface area contributed by atoms with Crippen LogP contribution in [-0.4, -0.2) is 54.5 Å². The van der Waals surface area contributed by atoms with Gasteiger partial charge in [-0.25, -0.2) is 4.79 Å². The van der Waals surface area contributed by atoms with Crippen molar-refractivity contribution < 1.29 is 14.3 Å². The molecule has 2 aliphatic heterocycles. The molecule has 0 aromatic heterocycles. The van der Waals surface area contributed by atoms with Crippen molar-refractivity contribution in [1.82, 2.24) is 10.2 Å². The fourth-order valence-corrected chi connectivity index (χ4v) is 4.52. The molecular formula is C18H32N2O3. The zero-order valence-electron chi connectivity index (χ0n) is 15.2. The monoisotopic (exact) mass is 324 g/mol. The van der Waals surface area contributed by atoms with Crippen LogP contribution in [0.15, 0.2) is 0 Å². The first kappa shape index (κ1) is 17.0. The highest BCUT2D eigenvalue weighted by Gasteiger charge is 2.59. The van der Waals surface area contributed by atoms with Gasteiger partial charge in [-0.1, -0.05) is 13.8 Å². The van der Waals surface area contributed by atoms with Crippen LogP contribution in [0.2, 0.25) is 0 Å². The molecule has 2 heterocycles. The van der Waals surface area contributed by atoms with E-state index in [1.807, 2.05) is 25.7 Å². The summed E-state index contributed by atoms with van der Waals surface area (Å²) in [6.45, 7) is 12.8. The van der Waals surface area contributed by atoms with Gasteiger partial charge in [0, 0.05) is 43.1 Å². The van der Waals surface area contributed by atoms with E-state index in [9.17, 15) is 4.79 Å². The molecule has 0 spiro atoms. The second-order valence-corrected chi connectivity index (χ2v) is 8.98. The lowest BCUT2D eigenvalue weighted by molar-refractivity contribution is -0.117. The number of piperidine rings is 1. The fraction of sp³-hybridized carbons (Fsp3) is 0.944. The van der Waals surface area contributed by atoms with E-state index < -0.39 is 5.60 Å². The number of ether oxygens (including phenoxy) is 2. The first-order valence-electron chi connectivity index (χ1n) is 9.04. The molecule has 3 rings (SSSR count). The third kappa shape index (κ3) is 3.36. The topological polar surface area (TPSA) is 50.8 Å². The van der Waals surface area contributed by atoms with E-state index in [1.54, 1.807) is 0 Å². The molecule has 4 atom stereocenters. The third-order valence-corrected chi connectivity index (χ3v) is 5.59. The molecule has 0 aromatic carbocycles. The Hall–Kier alpha value is -0.810. The quantitative estimate of drug-likeness (QED) is 0.848. The van der Waals surface area contributed by atoms with Gasteiger partial charge in [0.15, 0.2) is 0 Å². The number of nitrogens with zero attached hydrogens (tertiary/aromatic N) is 1. The maximum atomic E-state index is 12.3. The van der Waals surface area contributed by atoms with Crippen molar-refractivity contribution in [3.63, 3.8) is 0 Å². The van der Waals surface area contributed by atoms with E-state index >= 15 is 0 Å². The van der Waals surface area contributed by atoms with Crippen LogP contribution in [0.1, 0.15) is 53.9 Å². The smallest absolute Gasteiger partial charge is 0.410 e. The highest BCUT2D eigenvalue weighted by molar-refractivity contribution is 5.68. The molecule has 1 N–H and O–H groups in total. The second-order valence-electron chi connectivity index (χ2n) is 8.98. The summed E-state index contributed by atoms with van der Waals surface area (Å²) in [5.41, 5.74) is -0.239. The Balaban J connectivity index is 1.56. The number of hydrogen-bond acceptors (Lipinski definition) is 4. The molecule has 0 aromatic rings. The van der Waals surface area contributed by atoms with Crippen LogP contribution in [0.25, 0.3) is 0 Å². The molecule has 0 unspecified atom stereocenters. The van der Waals surface area contributed by atoms with Gasteiger partial charge in [0.2, 0.25) is 0 Å². The van der Waals surface area contributed by atoms with Gasteiger partial charge in [0.25, 0.3) is 0 Å².